The number of nitrogens with zero attached hydrogens (tertiary/aromatic N) is 2. The van der Waals surface area contributed by atoms with E-state index in [0.717, 1.165) is 4.90 Å². The van der Waals surface area contributed by atoms with Gasteiger partial charge in [-0.05, 0) is 37.6 Å². The molecular weight excluding hydrogens is 314 g/mol. The molecule has 1 atom stereocenters. The van der Waals surface area contributed by atoms with Gasteiger partial charge in [-0.1, -0.05) is 0 Å². The summed E-state index contributed by atoms with van der Waals surface area (Å²) in [5, 5.41) is 10.9. The summed E-state index contributed by atoms with van der Waals surface area (Å²) >= 11 is 0. The standard InChI is InChI=1S/C16H19N3O5/c1-2-24-12-6-4-11(5-7-12)19-15(22)13(10-17-8-3-9-20)14(21)18-16(19)23/h4-7,10,13,20H,2-3,8-9H2,1H3,(H,18,21,23)/t13-/m1/s1. The van der Waals surface area contributed by atoms with Crippen molar-refractivity contribution in [3.05, 3.63) is 24.3 Å². The zero-order valence-electron chi connectivity index (χ0n) is 13.3. The van der Waals surface area contributed by atoms with Gasteiger partial charge in [0.25, 0.3) is 5.91 Å². The van der Waals surface area contributed by atoms with Crippen molar-refractivity contribution in [2.24, 2.45) is 10.9 Å². The van der Waals surface area contributed by atoms with Crippen LogP contribution in [0.3, 0.4) is 0 Å². The van der Waals surface area contributed by atoms with E-state index in [2.05, 4.69) is 10.3 Å². The van der Waals surface area contributed by atoms with Crippen molar-refractivity contribution in [2.75, 3.05) is 24.7 Å². The number of benzene rings is 1. The Hall–Kier alpha value is -2.74. The number of ether oxygens (including phenoxy) is 1. The summed E-state index contributed by atoms with van der Waals surface area (Å²) in [6, 6.07) is 5.62. The molecule has 1 aliphatic heterocycles. The number of nitrogens with one attached hydrogen (secondary N) is 1. The number of aliphatic hydroxyl groups is 1. The summed E-state index contributed by atoms with van der Waals surface area (Å²) in [6.07, 6.45) is 1.64. The molecule has 0 saturated carbocycles. The molecule has 1 aromatic carbocycles. The van der Waals surface area contributed by atoms with Gasteiger partial charge in [-0.2, -0.15) is 0 Å². The van der Waals surface area contributed by atoms with Crippen molar-refractivity contribution in [1.29, 1.82) is 0 Å². The van der Waals surface area contributed by atoms with Crippen molar-refractivity contribution in [3.63, 3.8) is 0 Å². The first-order valence-corrected chi connectivity index (χ1v) is 7.61. The number of aliphatic imine (C=N–C) groups is 1. The molecular formula is C16H19N3O5. The number of carbonyl (C=O) groups excluding carboxylic acids is 3. The maximum atomic E-state index is 12.5. The van der Waals surface area contributed by atoms with Crippen LogP contribution in [0.5, 0.6) is 5.75 Å². The summed E-state index contributed by atoms with van der Waals surface area (Å²) in [5.74, 6) is -1.93. The molecule has 4 amide bonds. The molecule has 0 radical (unpaired) electrons. The van der Waals surface area contributed by atoms with Gasteiger partial charge in [0.05, 0.1) is 12.3 Å². The molecule has 0 aliphatic carbocycles. The second-order valence-corrected chi connectivity index (χ2v) is 5.01. The minimum absolute atomic E-state index is 0.0288. The smallest absolute Gasteiger partial charge is 0.335 e. The molecule has 1 heterocycles. The molecule has 1 fully saturated rings. The van der Waals surface area contributed by atoms with E-state index in [1.54, 1.807) is 24.3 Å². The highest BCUT2D eigenvalue weighted by Crippen LogP contribution is 2.23. The monoisotopic (exact) mass is 333 g/mol. The SMILES string of the molecule is CCOc1ccc(N2C(=O)NC(=O)[C@@H](C=NCCCO)C2=O)cc1. The van der Waals surface area contributed by atoms with E-state index in [0.29, 0.717) is 31.0 Å². The topological polar surface area (TPSA) is 108 Å². The number of urea groups is 1. The van der Waals surface area contributed by atoms with Gasteiger partial charge in [-0.15, -0.1) is 0 Å². The van der Waals surface area contributed by atoms with Gasteiger partial charge in [-0.25, -0.2) is 9.69 Å². The number of hydrogen-bond donors (Lipinski definition) is 2. The van der Waals surface area contributed by atoms with Gasteiger partial charge in [0, 0.05) is 19.4 Å². The van der Waals surface area contributed by atoms with E-state index in [9.17, 15) is 14.4 Å². The number of anilines is 1. The molecule has 0 spiro atoms. The second-order valence-electron chi connectivity index (χ2n) is 5.01. The van der Waals surface area contributed by atoms with E-state index < -0.39 is 23.8 Å². The molecule has 1 saturated heterocycles. The van der Waals surface area contributed by atoms with Crippen LogP contribution in [0.4, 0.5) is 10.5 Å². The van der Waals surface area contributed by atoms with Gasteiger partial charge in [0.1, 0.15) is 5.75 Å². The van der Waals surface area contributed by atoms with Crippen LogP contribution in [0, 0.1) is 5.92 Å². The Morgan fingerprint density at radius 2 is 2.00 bits per heavy atom. The third-order valence-electron chi connectivity index (χ3n) is 3.31. The molecule has 8 nitrogen and oxygen atoms in total. The first-order valence-electron chi connectivity index (χ1n) is 7.61. The molecule has 2 rings (SSSR count). The molecule has 0 unspecified atom stereocenters. The fraction of sp³-hybridized carbons (Fsp3) is 0.375. The van der Waals surface area contributed by atoms with E-state index in [4.69, 9.17) is 9.84 Å². The maximum absolute atomic E-state index is 12.5. The molecule has 2 N–H and O–H groups in total. The predicted octanol–water partition coefficient (Wildman–Crippen LogP) is 0.737. The summed E-state index contributed by atoms with van der Waals surface area (Å²) in [7, 11) is 0. The minimum atomic E-state index is -1.17. The van der Waals surface area contributed by atoms with Crippen LogP contribution < -0.4 is 15.0 Å². The average molecular weight is 333 g/mol. The second kappa shape index (κ2) is 8.21. The molecule has 1 aromatic rings. The molecule has 0 bridgehead atoms. The summed E-state index contributed by atoms with van der Waals surface area (Å²) in [5.41, 5.74) is 0.335. The minimum Gasteiger partial charge on any atom is -0.494 e. The first-order chi connectivity index (χ1) is 11.6. The zero-order valence-corrected chi connectivity index (χ0v) is 13.3. The van der Waals surface area contributed by atoms with Crippen LogP contribution in [0.25, 0.3) is 0 Å². The summed E-state index contributed by atoms with van der Waals surface area (Å²) in [4.78, 5) is 41.2. The number of rotatable bonds is 7. The number of barbiturate groups is 1. The van der Waals surface area contributed by atoms with E-state index >= 15 is 0 Å². The highest BCUT2D eigenvalue weighted by atomic mass is 16.5. The lowest BCUT2D eigenvalue weighted by atomic mass is 10.1. The lowest BCUT2D eigenvalue weighted by Gasteiger charge is -2.28. The quantitative estimate of drug-likeness (QED) is 0.434. The Bertz CT molecular complexity index is 642. The average Bonchev–Trinajstić information content (AvgIpc) is 2.55. The van der Waals surface area contributed by atoms with Crippen molar-refractivity contribution < 1.29 is 24.2 Å². The van der Waals surface area contributed by atoms with Gasteiger partial charge < -0.3 is 9.84 Å². The number of imide groups is 2. The van der Waals surface area contributed by atoms with Gasteiger partial charge >= 0.3 is 6.03 Å². The maximum Gasteiger partial charge on any atom is 0.335 e. The van der Waals surface area contributed by atoms with Crippen LogP contribution in [0.2, 0.25) is 0 Å². The molecule has 1 aliphatic rings. The summed E-state index contributed by atoms with van der Waals surface area (Å²) < 4.78 is 5.32. The predicted molar refractivity (Wildman–Crippen MR) is 87.2 cm³/mol. The van der Waals surface area contributed by atoms with Crippen LogP contribution >= 0.6 is 0 Å². The highest BCUT2D eigenvalue weighted by Gasteiger charge is 2.40. The molecule has 8 heteroatoms. The van der Waals surface area contributed by atoms with Crippen LogP contribution in [0.15, 0.2) is 29.3 Å². The molecule has 0 aromatic heterocycles. The van der Waals surface area contributed by atoms with Gasteiger partial charge in [0.15, 0.2) is 5.92 Å². The Labute approximate surface area is 139 Å². The molecule has 128 valence electrons. The largest absolute Gasteiger partial charge is 0.494 e. The Balaban J connectivity index is 2.19. The summed E-state index contributed by atoms with van der Waals surface area (Å²) in [6.45, 7) is 2.62. The van der Waals surface area contributed by atoms with Crippen molar-refractivity contribution >= 4 is 29.7 Å². The van der Waals surface area contributed by atoms with Crippen molar-refractivity contribution in [1.82, 2.24) is 5.32 Å². The highest BCUT2D eigenvalue weighted by molar-refractivity contribution is 6.32. The lowest BCUT2D eigenvalue weighted by Crippen LogP contribution is -2.58. The van der Waals surface area contributed by atoms with Crippen LogP contribution in [-0.2, 0) is 9.59 Å². The number of hydrogen-bond acceptors (Lipinski definition) is 6. The Kier molecular flexibility index (Phi) is 6.02. The first kappa shape index (κ1) is 17.6. The van der Waals surface area contributed by atoms with Crippen molar-refractivity contribution in [3.8, 4) is 5.75 Å². The normalized spacial score (nSPS) is 18.2. The third-order valence-corrected chi connectivity index (χ3v) is 3.31. The number of amides is 4. The third kappa shape index (κ3) is 3.96. The number of aliphatic hydroxyl groups excluding tert-OH is 1. The Morgan fingerprint density at radius 3 is 2.62 bits per heavy atom. The Morgan fingerprint density at radius 1 is 1.29 bits per heavy atom. The van der Waals surface area contributed by atoms with Crippen LogP contribution in [-0.4, -0.2) is 48.9 Å². The lowest BCUT2D eigenvalue weighted by molar-refractivity contribution is -0.131. The number of carbonyl (C=O) groups is 3. The van der Waals surface area contributed by atoms with Gasteiger partial charge in [-0.3, -0.25) is 19.9 Å². The van der Waals surface area contributed by atoms with E-state index in [1.165, 1.54) is 6.21 Å². The van der Waals surface area contributed by atoms with E-state index in [-0.39, 0.29) is 6.61 Å². The van der Waals surface area contributed by atoms with Gasteiger partial charge in [0.2, 0.25) is 5.91 Å². The fourth-order valence-electron chi connectivity index (χ4n) is 2.17. The molecule has 24 heavy (non-hydrogen) atoms. The van der Waals surface area contributed by atoms with E-state index in [1.807, 2.05) is 6.92 Å². The zero-order chi connectivity index (χ0) is 17.5. The van der Waals surface area contributed by atoms with Crippen molar-refractivity contribution in [2.45, 2.75) is 13.3 Å². The fourth-order valence-corrected chi connectivity index (χ4v) is 2.17. The van der Waals surface area contributed by atoms with Crippen LogP contribution in [0.1, 0.15) is 13.3 Å².